The number of ether oxygens (including phenoxy) is 2. The van der Waals surface area contributed by atoms with Crippen molar-refractivity contribution in [2.45, 2.75) is 26.4 Å². The third-order valence-electron chi connectivity index (χ3n) is 6.67. The Hall–Kier alpha value is -4.15. The van der Waals surface area contributed by atoms with Crippen LogP contribution in [-0.4, -0.2) is 31.3 Å². The number of hydrogen-bond donors (Lipinski definition) is 1. The fourth-order valence-corrected chi connectivity index (χ4v) is 5.99. The van der Waals surface area contributed by atoms with Gasteiger partial charge in [-0.3, -0.25) is 18.9 Å². The summed E-state index contributed by atoms with van der Waals surface area (Å²) >= 11 is 6.78. The van der Waals surface area contributed by atoms with Crippen LogP contribution in [0.1, 0.15) is 35.2 Å². The molecule has 1 fully saturated rings. The Morgan fingerprint density at radius 2 is 1.90 bits per heavy atom. The molecule has 2 aliphatic rings. The standard InChI is InChI=1S/C29H24N4O4S2/c1-17-8-11-25-31-26(30-14-19-9-10-22-23(12-19)37-16-36-22)21(27(34)32(25)15-17)13-24-28(35)33(29(38)39-24)18(2)20-6-4-3-5-7-20/h3-13,15,18,30H,14,16H2,1-2H3/b24-13-/t18-/m1/s1. The summed E-state index contributed by atoms with van der Waals surface area (Å²) < 4.78 is 12.8. The van der Waals surface area contributed by atoms with Crippen molar-refractivity contribution >= 4 is 51.7 Å². The monoisotopic (exact) mass is 556 g/mol. The van der Waals surface area contributed by atoms with Crippen LogP contribution < -0.4 is 20.3 Å². The van der Waals surface area contributed by atoms with Gasteiger partial charge in [-0.15, -0.1) is 0 Å². The second-order valence-corrected chi connectivity index (χ2v) is 11.0. The number of nitrogens with zero attached hydrogens (tertiary/aromatic N) is 3. The van der Waals surface area contributed by atoms with E-state index < -0.39 is 0 Å². The molecule has 1 N–H and O–H groups in total. The molecule has 0 spiro atoms. The van der Waals surface area contributed by atoms with E-state index in [9.17, 15) is 9.59 Å². The van der Waals surface area contributed by atoms with Crippen LogP contribution in [0.15, 0.2) is 76.6 Å². The van der Waals surface area contributed by atoms with E-state index in [0.29, 0.717) is 38.7 Å². The number of carbonyl (C=O) groups excluding carboxylic acids is 1. The van der Waals surface area contributed by atoms with Gasteiger partial charge in [-0.05, 0) is 54.8 Å². The first-order valence-electron chi connectivity index (χ1n) is 12.4. The molecule has 4 heterocycles. The maximum absolute atomic E-state index is 13.7. The van der Waals surface area contributed by atoms with Crippen LogP contribution in [0.25, 0.3) is 11.7 Å². The van der Waals surface area contributed by atoms with E-state index in [-0.39, 0.29) is 29.9 Å². The highest BCUT2D eigenvalue weighted by Gasteiger charge is 2.36. The minimum absolute atomic E-state index is 0.194. The van der Waals surface area contributed by atoms with Crippen LogP contribution in [0.3, 0.4) is 0 Å². The molecule has 2 aliphatic heterocycles. The first kappa shape index (κ1) is 25.1. The lowest BCUT2D eigenvalue weighted by atomic mass is 10.1. The number of hydrogen-bond acceptors (Lipinski definition) is 8. The van der Waals surface area contributed by atoms with Crippen LogP contribution >= 0.6 is 24.0 Å². The molecule has 1 atom stereocenters. The highest BCUT2D eigenvalue weighted by Crippen LogP contribution is 2.38. The number of aryl methyl sites for hydroxylation is 1. The molecule has 0 radical (unpaired) electrons. The lowest BCUT2D eigenvalue weighted by molar-refractivity contribution is -0.123. The second kappa shape index (κ2) is 10.2. The van der Waals surface area contributed by atoms with Gasteiger partial charge in [0.15, 0.2) is 11.5 Å². The van der Waals surface area contributed by atoms with Crippen molar-refractivity contribution in [1.29, 1.82) is 0 Å². The number of benzene rings is 2. The number of aromatic nitrogens is 2. The number of rotatable bonds is 6. The van der Waals surface area contributed by atoms with Gasteiger partial charge in [0.2, 0.25) is 6.79 Å². The predicted octanol–water partition coefficient (Wildman–Crippen LogP) is 5.31. The SMILES string of the molecule is Cc1ccc2nc(NCc3ccc4c(c3)OCO4)c(/C=C3\SC(=S)N([C@H](C)c4ccccc4)C3=O)c(=O)n2c1. The van der Waals surface area contributed by atoms with E-state index >= 15 is 0 Å². The quantitative estimate of drug-likeness (QED) is 0.253. The minimum atomic E-state index is -0.279. The van der Waals surface area contributed by atoms with E-state index in [1.165, 1.54) is 16.2 Å². The van der Waals surface area contributed by atoms with Crippen LogP contribution in [0.2, 0.25) is 0 Å². The molecule has 0 bridgehead atoms. The normalized spacial score (nSPS) is 16.4. The van der Waals surface area contributed by atoms with Gasteiger partial charge in [0, 0.05) is 12.7 Å². The van der Waals surface area contributed by atoms with Gasteiger partial charge in [-0.2, -0.15) is 0 Å². The molecule has 0 unspecified atom stereocenters. The summed E-state index contributed by atoms with van der Waals surface area (Å²) in [5.74, 6) is 1.51. The third kappa shape index (κ3) is 4.77. The van der Waals surface area contributed by atoms with Crippen molar-refractivity contribution in [1.82, 2.24) is 14.3 Å². The molecular weight excluding hydrogens is 532 g/mol. The van der Waals surface area contributed by atoms with Crippen LogP contribution in [-0.2, 0) is 11.3 Å². The number of carbonyl (C=O) groups is 1. The fraction of sp³-hybridized carbons (Fsp3) is 0.172. The van der Waals surface area contributed by atoms with E-state index in [2.05, 4.69) is 5.32 Å². The number of thioether (sulfide) groups is 1. The molecular formula is C29H24N4O4S2. The average molecular weight is 557 g/mol. The van der Waals surface area contributed by atoms with Crippen LogP contribution in [0.5, 0.6) is 11.5 Å². The molecule has 196 valence electrons. The Morgan fingerprint density at radius 3 is 2.72 bits per heavy atom. The number of fused-ring (bicyclic) bond motifs is 2. The molecule has 8 nitrogen and oxygen atoms in total. The fourth-order valence-electron chi connectivity index (χ4n) is 4.59. The lowest BCUT2D eigenvalue weighted by Crippen LogP contribution is -2.31. The summed E-state index contributed by atoms with van der Waals surface area (Å²) in [6.07, 6.45) is 3.34. The smallest absolute Gasteiger partial charge is 0.267 e. The summed E-state index contributed by atoms with van der Waals surface area (Å²) in [4.78, 5) is 34.0. The summed E-state index contributed by atoms with van der Waals surface area (Å²) in [5.41, 5.74) is 3.33. The van der Waals surface area contributed by atoms with Gasteiger partial charge in [-0.25, -0.2) is 4.98 Å². The topological polar surface area (TPSA) is 85.2 Å². The van der Waals surface area contributed by atoms with Gasteiger partial charge in [-0.1, -0.05) is 66.4 Å². The van der Waals surface area contributed by atoms with Gasteiger partial charge >= 0.3 is 0 Å². The molecule has 1 saturated heterocycles. The molecule has 10 heteroatoms. The maximum atomic E-state index is 13.7. The molecule has 2 aromatic carbocycles. The van der Waals surface area contributed by atoms with Crippen molar-refractivity contribution in [3.05, 3.63) is 104 Å². The van der Waals surface area contributed by atoms with Crippen LogP contribution in [0, 0.1) is 6.92 Å². The summed E-state index contributed by atoms with van der Waals surface area (Å²) in [7, 11) is 0. The summed E-state index contributed by atoms with van der Waals surface area (Å²) in [6, 6.07) is 18.8. The average Bonchev–Trinajstić information content (AvgIpc) is 3.52. The highest BCUT2D eigenvalue weighted by atomic mass is 32.2. The zero-order valence-electron chi connectivity index (χ0n) is 21.2. The maximum Gasteiger partial charge on any atom is 0.267 e. The predicted molar refractivity (Wildman–Crippen MR) is 156 cm³/mol. The number of nitrogens with one attached hydrogen (secondary N) is 1. The van der Waals surface area contributed by atoms with Gasteiger partial charge in [0.25, 0.3) is 11.5 Å². The van der Waals surface area contributed by atoms with Crippen molar-refractivity contribution in [2.24, 2.45) is 0 Å². The first-order chi connectivity index (χ1) is 18.9. The van der Waals surface area contributed by atoms with Crippen molar-refractivity contribution in [2.75, 3.05) is 12.1 Å². The zero-order valence-corrected chi connectivity index (χ0v) is 22.8. The minimum Gasteiger partial charge on any atom is -0.454 e. The van der Waals surface area contributed by atoms with E-state index in [1.54, 1.807) is 23.2 Å². The number of thiocarbonyl (C=S) groups is 1. The lowest BCUT2D eigenvalue weighted by Gasteiger charge is -2.23. The Labute approximate surface area is 234 Å². The third-order valence-corrected chi connectivity index (χ3v) is 8.00. The van der Waals surface area contributed by atoms with Crippen molar-refractivity contribution < 1.29 is 14.3 Å². The van der Waals surface area contributed by atoms with Crippen LogP contribution in [0.4, 0.5) is 5.82 Å². The Balaban J connectivity index is 1.37. The Morgan fingerprint density at radius 1 is 1.10 bits per heavy atom. The van der Waals surface area contributed by atoms with Crippen molar-refractivity contribution in [3.63, 3.8) is 0 Å². The molecule has 2 aromatic heterocycles. The zero-order chi connectivity index (χ0) is 27.1. The number of anilines is 1. The van der Waals surface area contributed by atoms with E-state index in [1.807, 2.05) is 68.4 Å². The van der Waals surface area contributed by atoms with Gasteiger partial charge in [0.05, 0.1) is 16.5 Å². The molecule has 6 rings (SSSR count). The van der Waals surface area contributed by atoms with E-state index in [0.717, 1.165) is 16.7 Å². The van der Waals surface area contributed by atoms with Gasteiger partial charge < -0.3 is 14.8 Å². The Bertz CT molecular complexity index is 1720. The molecule has 4 aromatic rings. The number of amides is 1. The molecule has 0 aliphatic carbocycles. The second-order valence-electron chi connectivity index (χ2n) is 9.29. The Kier molecular flexibility index (Phi) is 6.58. The molecule has 39 heavy (non-hydrogen) atoms. The van der Waals surface area contributed by atoms with Gasteiger partial charge in [0.1, 0.15) is 15.8 Å². The summed E-state index contributed by atoms with van der Waals surface area (Å²) in [6.45, 7) is 4.43. The largest absolute Gasteiger partial charge is 0.454 e. The highest BCUT2D eigenvalue weighted by molar-refractivity contribution is 8.26. The molecule has 0 saturated carbocycles. The number of pyridine rings is 1. The van der Waals surface area contributed by atoms with E-state index in [4.69, 9.17) is 26.7 Å². The molecule has 1 amide bonds. The van der Waals surface area contributed by atoms with Crippen molar-refractivity contribution in [3.8, 4) is 11.5 Å². The first-order valence-corrected chi connectivity index (χ1v) is 13.6. The summed E-state index contributed by atoms with van der Waals surface area (Å²) in [5, 5.41) is 3.30.